The van der Waals surface area contributed by atoms with Crippen LogP contribution >= 0.6 is 50.6 Å². The number of benzene rings is 1. The number of carbonyl (C=O) groups is 1. The number of esters is 1. The van der Waals surface area contributed by atoms with E-state index in [0.29, 0.717) is 25.2 Å². The Balaban J connectivity index is 1.57. The fourth-order valence-corrected chi connectivity index (χ4v) is 6.57. The zero-order valence-electron chi connectivity index (χ0n) is 23.0. The van der Waals surface area contributed by atoms with Gasteiger partial charge >= 0.3 is 5.97 Å². The molecule has 0 spiro atoms. The summed E-state index contributed by atoms with van der Waals surface area (Å²) in [7, 11) is 2.85. The van der Waals surface area contributed by atoms with Crippen molar-refractivity contribution in [2.24, 2.45) is 11.6 Å². The number of halogens is 2. The van der Waals surface area contributed by atoms with Gasteiger partial charge in [-0.05, 0) is 28.9 Å². The van der Waals surface area contributed by atoms with Crippen LogP contribution in [0.5, 0.6) is 0 Å². The smallest absolute Gasteiger partial charge is 0.357 e. The van der Waals surface area contributed by atoms with E-state index in [1.807, 2.05) is 37.3 Å². The maximum atomic E-state index is 12.5. The fraction of sp³-hybridized carbons (Fsp3) is 0.370. The van der Waals surface area contributed by atoms with Gasteiger partial charge in [0, 0.05) is 39.8 Å². The molecule has 42 heavy (non-hydrogen) atoms. The summed E-state index contributed by atoms with van der Waals surface area (Å²) in [5.41, 5.74) is 6.89. The molecule has 4 unspecified atom stereocenters. The number of nitrogens with zero attached hydrogens (tertiary/aromatic N) is 3. The third kappa shape index (κ3) is 8.65. The summed E-state index contributed by atoms with van der Waals surface area (Å²) in [5, 5.41) is 3.95. The molecule has 1 aromatic carbocycles. The molecule has 1 fully saturated rings. The largest absolute Gasteiger partial charge is 0.464 e. The van der Waals surface area contributed by atoms with Gasteiger partial charge in [0.15, 0.2) is 12.0 Å². The lowest BCUT2D eigenvalue weighted by Crippen LogP contribution is -2.47. The van der Waals surface area contributed by atoms with Gasteiger partial charge in [-0.2, -0.15) is 0 Å². The van der Waals surface area contributed by atoms with E-state index in [2.05, 4.69) is 25.9 Å². The average molecular weight is 701 g/mol. The van der Waals surface area contributed by atoms with E-state index in [0.717, 1.165) is 5.56 Å². The summed E-state index contributed by atoms with van der Waals surface area (Å²) >= 11 is 11.9. The minimum Gasteiger partial charge on any atom is -0.464 e. The van der Waals surface area contributed by atoms with Crippen LogP contribution in [0.2, 0.25) is 5.15 Å². The first-order valence-corrected chi connectivity index (χ1v) is 15.6. The molecule has 0 amide bonds. The summed E-state index contributed by atoms with van der Waals surface area (Å²) in [5.74, 6) is 5.74. The highest BCUT2D eigenvalue weighted by atomic mass is 79.9. The quantitative estimate of drug-likeness (QED) is 0.0879. The Morgan fingerprint density at radius 3 is 2.76 bits per heavy atom. The van der Waals surface area contributed by atoms with Gasteiger partial charge in [-0.3, -0.25) is 0 Å². The summed E-state index contributed by atoms with van der Waals surface area (Å²) in [6.07, 6.45) is 1.14. The highest BCUT2D eigenvalue weighted by molar-refractivity contribution is 9.10. The van der Waals surface area contributed by atoms with Gasteiger partial charge in [0.2, 0.25) is 0 Å². The molecule has 4 N–H and O–H groups in total. The van der Waals surface area contributed by atoms with Crippen LogP contribution in [0.4, 0.5) is 0 Å². The van der Waals surface area contributed by atoms with E-state index in [1.54, 1.807) is 24.8 Å². The molecular weight excluding hydrogens is 670 g/mol. The first kappa shape index (κ1) is 32.6. The number of methoxy groups -OCH3 is 2. The number of carbonyl (C=O) groups excluding carboxylic acids is 1. The number of ether oxygens (including phenoxy) is 5. The number of thiazole rings is 1. The minimum atomic E-state index is -0.697. The van der Waals surface area contributed by atoms with Crippen molar-refractivity contribution in [1.29, 1.82) is 0 Å². The second-order valence-corrected chi connectivity index (χ2v) is 12.4. The summed E-state index contributed by atoms with van der Waals surface area (Å²) in [6.45, 7) is 2.35. The van der Waals surface area contributed by atoms with Crippen LogP contribution in [0.25, 0.3) is 5.70 Å². The second-order valence-electron chi connectivity index (χ2n) is 9.10. The number of hydrazine groups is 1. The van der Waals surface area contributed by atoms with Crippen LogP contribution in [0, 0.1) is 0 Å². The second kappa shape index (κ2) is 15.5. The Kier molecular flexibility index (Phi) is 12.0. The monoisotopic (exact) mass is 699 g/mol. The first-order chi connectivity index (χ1) is 20.2. The lowest BCUT2D eigenvalue weighted by molar-refractivity contribution is -0.266. The van der Waals surface area contributed by atoms with Crippen molar-refractivity contribution < 1.29 is 28.5 Å². The van der Waals surface area contributed by atoms with Gasteiger partial charge in [-0.15, -0.1) is 11.3 Å². The van der Waals surface area contributed by atoms with Crippen molar-refractivity contribution in [3.8, 4) is 0 Å². The zero-order valence-corrected chi connectivity index (χ0v) is 27.0. The SMILES string of the molecule is COC(=O)c1ncc(Br)cc1SC(OC1COC(c2ccccc2)OC1C)[C@H](CN(N)/C=C(\N)c1nc(Cl)cs1)OC. The van der Waals surface area contributed by atoms with E-state index < -0.39 is 29.9 Å². The van der Waals surface area contributed by atoms with Gasteiger partial charge in [0.25, 0.3) is 0 Å². The molecule has 4 rings (SSSR count). The molecule has 1 saturated heterocycles. The number of thioether (sulfide) groups is 1. The van der Waals surface area contributed by atoms with Crippen molar-refractivity contribution >= 4 is 62.3 Å². The van der Waals surface area contributed by atoms with Crippen molar-refractivity contribution in [2.75, 3.05) is 27.4 Å². The molecule has 15 heteroatoms. The van der Waals surface area contributed by atoms with Crippen LogP contribution in [0.1, 0.15) is 34.3 Å². The minimum absolute atomic E-state index is 0.136. The average Bonchev–Trinajstić information content (AvgIpc) is 3.43. The zero-order chi connectivity index (χ0) is 30.2. The topological polar surface area (TPSA) is 144 Å². The Bertz CT molecular complexity index is 1370. The molecule has 0 bridgehead atoms. The molecule has 5 atom stereocenters. The van der Waals surface area contributed by atoms with E-state index in [1.165, 1.54) is 41.4 Å². The number of aromatic nitrogens is 2. The molecule has 1 aliphatic heterocycles. The molecule has 11 nitrogen and oxygen atoms in total. The van der Waals surface area contributed by atoms with E-state index in [4.69, 9.17) is 46.9 Å². The Labute approximate surface area is 265 Å². The maximum absolute atomic E-state index is 12.5. The third-order valence-electron chi connectivity index (χ3n) is 6.12. The normalized spacial score (nSPS) is 20.6. The number of hydrogen-bond acceptors (Lipinski definition) is 13. The summed E-state index contributed by atoms with van der Waals surface area (Å²) in [6, 6.07) is 11.4. The lowest BCUT2D eigenvalue weighted by Gasteiger charge is -2.38. The molecule has 0 radical (unpaired) electrons. The molecule has 0 aliphatic carbocycles. The van der Waals surface area contributed by atoms with Gasteiger partial charge in [0.05, 0.1) is 32.1 Å². The lowest BCUT2D eigenvalue weighted by atomic mass is 10.1. The molecule has 226 valence electrons. The van der Waals surface area contributed by atoms with E-state index >= 15 is 0 Å². The number of nitrogens with two attached hydrogens (primary N) is 2. The number of rotatable bonds is 12. The molecule has 0 saturated carbocycles. The first-order valence-electron chi connectivity index (χ1n) is 12.7. The Hall–Kier alpha value is -2.27. The van der Waals surface area contributed by atoms with Crippen LogP contribution < -0.4 is 11.6 Å². The van der Waals surface area contributed by atoms with Gasteiger partial charge < -0.3 is 34.4 Å². The molecule has 3 aromatic rings. The molecule has 1 aliphatic rings. The highest BCUT2D eigenvalue weighted by Gasteiger charge is 2.36. The molecular formula is C27H31BrClN5O6S2. The van der Waals surface area contributed by atoms with Crippen molar-refractivity contribution in [1.82, 2.24) is 15.0 Å². The standard InChI is InChI=1S/C27H31BrClN5O6S2/c1-15-20(13-38-26(39-15)16-7-5-4-6-8-16)40-27(42-21-9-17(28)10-32-23(21)25(35)37-3)19(36-2)12-34(31)11-18(30)24-33-22(29)14-41-24/h4-11,14-15,19-20,26-27H,12-13,30-31H2,1-3H3/b18-11-/t15?,19-,20?,26?,27?/m0/s1. The predicted molar refractivity (Wildman–Crippen MR) is 164 cm³/mol. The Morgan fingerprint density at radius 1 is 1.36 bits per heavy atom. The maximum Gasteiger partial charge on any atom is 0.357 e. The number of hydrogen-bond donors (Lipinski definition) is 2. The number of pyridine rings is 1. The fourth-order valence-electron chi connectivity index (χ4n) is 3.98. The molecule has 2 aromatic heterocycles. The van der Waals surface area contributed by atoms with Crippen molar-refractivity contribution in [3.63, 3.8) is 0 Å². The summed E-state index contributed by atoms with van der Waals surface area (Å²) in [4.78, 5) is 21.5. The van der Waals surface area contributed by atoms with E-state index in [-0.39, 0.29) is 24.9 Å². The van der Waals surface area contributed by atoms with Crippen LogP contribution in [-0.2, 0) is 23.7 Å². The van der Waals surface area contributed by atoms with E-state index in [9.17, 15) is 4.79 Å². The predicted octanol–water partition coefficient (Wildman–Crippen LogP) is 4.83. The van der Waals surface area contributed by atoms with Crippen LogP contribution in [0.15, 0.2) is 63.5 Å². The van der Waals surface area contributed by atoms with Crippen LogP contribution in [0.3, 0.4) is 0 Å². The van der Waals surface area contributed by atoms with Gasteiger partial charge in [0.1, 0.15) is 27.8 Å². The third-order valence-corrected chi connectivity index (χ3v) is 8.98. The summed E-state index contributed by atoms with van der Waals surface area (Å²) < 4.78 is 30.3. The molecule has 3 heterocycles. The Morgan fingerprint density at radius 2 is 2.12 bits per heavy atom. The van der Waals surface area contributed by atoms with Crippen molar-refractivity contribution in [3.05, 3.63) is 80.1 Å². The van der Waals surface area contributed by atoms with Gasteiger partial charge in [-0.25, -0.2) is 20.6 Å². The van der Waals surface area contributed by atoms with Crippen LogP contribution in [-0.4, -0.2) is 72.1 Å². The van der Waals surface area contributed by atoms with Gasteiger partial charge in [-0.1, -0.05) is 53.7 Å². The highest BCUT2D eigenvalue weighted by Crippen LogP contribution is 2.35. The van der Waals surface area contributed by atoms with Crippen molar-refractivity contribution in [2.45, 2.75) is 41.9 Å².